The Labute approximate surface area is 157 Å². The lowest BCUT2D eigenvalue weighted by molar-refractivity contribution is 0.400. The first-order chi connectivity index (χ1) is 12.8. The van der Waals surface area contributed by atoms with Crippen LogP contribution in [0.2, 0.25) is 0 Å². The molecular weight excluding hydrogens is 320 g/mol. The third kappa shape index (κ3) is 4.35. The predicted molar refractivity (Wildman–Crippen MR) is 108 cm³/mol. The lowest BCUT2D eigenvalue weighted by Crippen LogP contribution is -2.35. The molecule has 26 heavy (non-hydrogen) atoms. The van der Waals surface area contributed by atoms with Gasteiger partial charge in [-0.05, 0) is 50.5 Å². The van der Waals surface area contributed by atoms with Gasteiger partial charge in [-0.15, -0.1) is 0 Å². The second-order valence-corrected chi connectivity index (χ2v) is 7.94. The molecule has 1 aromatic heterocycles. The Morgan fingerprint density at radius 3 is 2.46 bits per heavy atom. The van der Waals surface area contributed by atoms with Crippen LogP contribution in [0.25, 0.3) is 0 Å². The number of nitrogens with one attached hydrogen (secondary N) is 1. The minimum Gasteiger partial charge on any atom is -0.367 e. The standard InChI is InChI=1S/C22H30N4/c1-17-15-21(24-20-9-5-6-10-20)25-22(23-17)26-13-11-19(12-14-26)16-18-7-3-2-4-8-18/h2-4,7-8,15,19-20H,5-6,9-14,16H2,1H3,(H,23,24,25). The molecule has 0 unspecified atom stereocenters. The van der Waals surface area contributed by atoms with Gasteiger partial charge in [-0.1, -0.05) is 43.2 Å². The fourth-order valence-electron chi connectivity index (χ4n) is 4.33. The average molecular weight is 351 g/mol. The minimum atomic E-state index is 0.591. The molecule has 4 heteroatoms. The summed E-state index contributed by atoms with van der Waals surface area (Å²) in [6.07, 6.45) is 8.84. The lowest BCUT2D eigenvalue weighted by Gasteiger charge is -2.32. The number of nitrogens with zero attached hydrogens (tertiary/aromatic N) is 3. The quantitative estimate of drug-likeness (QED) is 0.856. The summed E-state index contributed by atoms with van der Waals surface area (Å²) in [6.45, 7) is 4.20. The van der Waals surface area contributed by atoms with E-state index in [0.717, 1.165) is 36.5 Å². The van der Waals surface area contributed by atoms with Gasteiger partial charge in [0.05, 0.1) is 0 Å². The Morgan fingerprint density at radius 2 is 1.73 bits per heavy atom. The van der Waals surface area contributed by atoms with E-state index < -0.39 is 0 Å². The van der Waals surface area contributed by atoms with Gasteiger partial charge in [0.1, 0.15) is 5.82 Å². The highest BCUT2D eigenvalue weighted by molar-refractivity contribution is 5.44. The molecule has 2 heterocycles. The van der Waals surface area contributed by atoms with Gasteiger partial charge in [-0.3, -0.25) is 0 Å². The highest BCUT2D eigenvalue weighted by atomic mass is 15.3. The Bertz CT molecular complexity index is 701. The number of hydrogen-bond acceptors (Lipinski definition) is 4. The van der Waals surface area contributed by atoms with E-state index in [2.05, 4.69) is 53.5 Å². The molecule has 0 bridgehead atoms. The van der Waals surface area contributed by atoms with Crippen LogP contribution in [0.1, 0.15) is 49.8 Å². The molecule has 0 amide bonds. The third-order valence-electron chi connectivity index (χ3n) is 5.81. The highest BCUT2D eigenvalue weighted by Gasteiger charge is 2.22. The zero-order valence-electron chi connectivity index (χ0n) is 15.8. The van der Waals surface area contributed by atoms with Gasteiger partial charge in [0.2, 0.25) is 5.95 Å². The van der Waals surface area contributed by atoms with Gasteiger partial charge in [0, 0.05) is 30.9 Å². The van der Waals surface area contributed by atoms with E-state index >= 15 is 0 Å². The van der Waals surface area contributed by atoms with E-state index in [-0.39, 0.29) is 0 Å². The van der Waals surface area contributed by atoms with E-state index in [9.17, 15) is 0 Å². The SMILES string of the molecule is Cc1cc(NC2CCCC2)nc(N2CCC(Cc3ccccc3)CC2)n1. The molecule has 138 valence electrons. The highest BCUT2D eigenvalue weighted by Crippen LogP contribution is 2.26. The molecule has 0 spiro atoms. The molecule has 2 fully saturated rings. The van der Waals surface area contributed by atoms with Gasteiger partial charge in [0.25, 0.3) is 0 Å². The van der Waals surface area contributed by atoms with Crippen LogP contribution < -0.4 is 10.2 Å². The van der Waals surface area contributed by atoms with Crippen LogP contribution in [-0.2, 0) is 6.42 Å². The molecule has 4 nitrogen and oxygen atoms in total. The summed E-state index contributed by atoms with van der Waals surface area (Å²) in [6, 6.07) is 13.6. The predicted octanol–water partition coefficient (Wildman–Crippen LogP) is 4.60. The Morgan fingerprint density at radius 1 is 1.00 bits per heavy atom. The molecule has 4 rings (SSSR count). The Hall–Kier alpha value is -2.10. The second kappa shape index (κ2) is 8.07. The summed E-state index contributed by atoms with van der Waals surface area (Å²) in [5.41, 5.74) is 2.52. The van der Waals surface area contributed by atoms with E-state index in [0.29, 0.717) is 6.04 Å². The second-order valence-electron chi connectivity index (χ2n) is 7.94. The van der Waals surface area contributed by atoms with Gasteiger partial charge < -0.3 is 10.2 Å². The van der Waals surface area contributed by atoms with Crippen LogP contribution in [0, 0.1) is 12.8 Å². The summed E-state index contributed by atoms with van der Waals surface area (Å²) in [7, 11) is 0. The third-order valence-corrected chi connectivity index (χ3v) is 5.81. The lowest BCUT2D eigenvalue weighted by atomic mass is 9.90. The number of aromatic nitrogens is 2. The minimum absolute atomic E-state index is 0.591. The number of rotatable bonds is 5. The molecule has 1 aliphatic carbocycles. The summed E-state index contributed by atoms with van der Waals surface area (Å²) >= 11 is 0. The van der Waals surface area contributed by atoms with E-state index in [1.165, 1.54) is 50.5 Å². The first-order valence-electron chi connectivity index (χ1n) is 10.2. The molecule has 1 aliphatic heterocycles. The normalized spacial score (nSPS) is 19.0. The first kappa shape index (κ1) is 17.3. The maximum Gasteiger partial charge on any atom is 0.227 e. The number of benzene rings is 1. The van der Waals surface area contributed by atoms with Crippen molar-refractivity contribution >= 4 is 11.8 Å². The number of anilines is 2. The molecule has 0 radical (unpaired) electrons. The van der Waals surface area contributed by atoms with E-state index in [1.807, 2.05) is 0 Å². The van der Waals surface area contributed by atoms with Crippen molar-refractivity contribution in [2.45, 2.75) is 57.9 Å². The zero-order valence-corrected chi connectivity index (χ0v) is 15.8. The van der Waals surface area contributed by atoms with Crippen LogP contribution >= 0.6 is 0 Å². The molecule has 1 aromatic carbocycles. The van der Waals surface area contributed by atoms with Crippen molar-refractivity contribution in [2.75, 3.05) is 23.3 Å². The molecule has 0 atom stereocenters. The average Bonchev–Trinajstić information content (AvgIpc) is 3.16. The van der Waals surface area contributed by atoms with Gasteiger partial charge >= 0.3 is 0 Å². The maximum atomic E-state index is 4.83. The van der Waals surface area contributed by atoms with Gasteiger partial charge in [0.15, 0.2) is 0 Å². The summed E-state index contributed by atoms with van der Waals surface area (Å²) in [5.74, 6) is 2.68. The van der Waals surface area contributed by atoms with Crippen molar-refractivity contribution < 1.29 is 0 Å². The largest absolute Gasteiger partial charge is 0.367 e. The molecule has 1 N–H and O–H groups in total. The van der Waals surface area contributed by atoms with Crippen LogP contribution in [0.4, 0.5) is 11.8 Å². The molecule has 1 saturated heterocycles. The maximum absolute atomic E-state index is 4.83. The van der Waals surface area contributed by atoms with Crippen LogP contribution in [0.15, 0.2) is 36.4 Å². The summed E-state index contributed by atoms with van der Waals surface area (Å²) < 4.78 is 0. The van der Waals surface area contributed by atoms with Crippen molar-refractivity contribution in [3.05, 3.63) is 47.7 Å². The van der Waals surface area contributed by atoms with Gasteiger partial charge in [-0.25, -0.2) is 4.98 Å². The molecule has 2 aliphatic rings. The van der Waals surface area contributed by atoms with Crippen molar-refractivity contribution in [2.24, 2.45) is 5.92 Å². The number of aryl methyl sites for hydroxylation is 1. The van der Waals surface area contributed by atoms with Crippen LogP contribution in [-0.4, -0.2) is 29.1 Å². The van der Waals surface area contributed by atoms with Gasteiger partial charge in [-0.2, -0.15) is 4.98 Å². The Kier molecular flexibility index (Phi) is 5.37. The zero-order chi connectivity index (χ0) is 17.8. The Balaban J connectivity index is 1.37. The van der Waals surface area contributed by atoms with Crippen molar-refractivity contribution in [3.8, 4) is 0 Å². The smallest absolute Gasteiger partial charge is 0.227 e. The van der Waals surface area contributed by atoms with Crippen molar-refractivity contribution in [1.82, 2.24) is 9.97 Å². The molecular formula is C22H30N4. The number of hydrogen-bond donors (Lipinski definition) is 1. The van der Waals surface area contributed by atoms with E-state index in [4.69, 9.17) is 9.97 Å². The molecule has 2 aromatic rings. The summed E-state index contributed by atoms with van der Waals surface area (Å²) in [5, 5.41) is 3.62. The van der Waals surface area contributed by atoms with Crippen LogP contribution in [0.5, 0.6) is 0 Å². The first-order valence-corrected chi connectivity index (χ1v) is 10.2. The fourth-order valence-corrected chi connectivity index (χ4v) is 4.33. The topological polar surface area (TPSA) is 41.1 Å². The monoisotopic (exact) mass is 350 g/mol. The van der Waals surface area contributed by atoms with Crippen molar-refractivity contribution in [1.29, 1.82) is 0 Å². The fraction of sp³-hybridized carbons (Fsp3) is 0.545. The molecule has 1 saturated carbocycles. The van der Waals surface area contributed by atoms with E-state index in [1.54, 1.807) is 0 Å². The van der Waals surface area contributed by atoms with Crippen molar-refractivity contribution in [3.63, 3.8) is 0 Å². The summed E-state index contributed by atoms with van der Waals surface area (Å²) in [4.78, 5) is 11.9. The number of piperidine rings is 1. The van der Waals surface area contributed by atoms with Crippen LogP contribution in [0.3, 0.4) is 0 Å².